The highest BCUT2D eigenvalue weighted by atomic mass is 16.5. The van der Waals surface area contributed by atoms with Crippen molar-refractivity contribution in [3.05, 3.63) is 59.7 Å². The van der Waals surface area contributed by atoms with Gasteiger partial charge in [-0.3, -0.25) is 4.79 Å². The molecular formula is C26H30N4O3. The number of benzene rings is 2. The van der Waals surface area contributed by atoms with Gasteiger partial charge in [-0.15, -0.1) is 0 Å². The van der Waals surface area contributed by atoms with Crippen LogP contribution >= 0.6 is 0 Å². The van der Waals surface area contributed by atoms with Crippen LogP contribution in [0.5, 0.6) is 5.75 Å². The fraction of sp³-hybridized carbons (Fsp3) is 0.423. The summed E-state index contributed by atoms with van der Waals surface area (Å²) in [6.45, 7) is 2.94. The van der Waals surface area contributed by atoms with Gasteiger partial charge in [0.25, 0.3) is 0 Å². The van der Waals surface area contributed by atoms with Gasteiger partial charge in [0.05, 0.1) is 18.7 Å². The molecule has 2 aliphatic heterocycles. The Balaban J connectivity index is 1.21. The molecule has 1 N–H and O–H groups in total. The maximum Gasteiger partial charge on any atom is 0.317 e. The van der Waals surface area contributed by atoms with E-state index in [0.717, 1.165) is 37.4 Å². The number of amides is 2. The van der Waals surface area contributed by atoms with E-state index in [2.05, 4.69) is 16.3 Å². The Bertz CT molecular complexity index is 997. The van der Waals surface area contributed by atoms with Crippen molar-refractivity contribution in [1.29, 1.82) is 5.26 Å². The molecular weight excluding hydrogens is 416 g/mol. The highest BCUT2D eigenvalue weighted by Crippen LogP contribution is 2.24. The van der Waals surface area contributed by atoms with E-state index in [-0.39, 0.29) is 23.8 Å². The van der Waals surface area contributed by atoms with Gasteiger partial charge >= 0.3 is 6.03 Å². The Hall–Kier alpha value is -3.53. The van der Waals surface area contributed by atoms with E-state index in [0.29, 0.717) is 37.1 Å². The molecule has 2 heterocycles. The molecule has 7 nitrogen and oxygen atoms in total. The molecule has 4 rings (SSSR count). The minimum atomic E-state index is -0.0434. The van der Waals surface area contributed by atoms with Crippen LogP contribution in [0.25, 0.3) is 0 Å². The van der Waals surface area contributed by atoms with E-state index in [1.165, 1.54) is 0 Å². The molecule has 0 aliphatic carbocycles. The lowest BCUT2D eigenvalue weighted by molar-refractivity contribution is 0.0853. The standard InChI is InChI=1S/C26H30N4O3/c1-33-24-8-4-20(5-9-24)25(31)21-10-14-30(15-11-21)26(32)28-22-12-16-29(17-13-22)23-6-2-19(18-27)3-7-23/h2-9,21-22H,10-17H2,1H3,(H,28,32). The quantitative estimate of drug-likeness (QED) is 0.706. The van der Waals surface area contributed by atoms with Gasteiger partial charge in [0.2, 0.25) is 0 Å². The predicted molar refractivity (Wildman–Crippen MR) is 127 cm³/mol. The van der Waals surface area contributed by atoms with Crippen molar-refractivity contribution >= 4 is 17.5 Å². The second-order valence-electron chi connectivity index (χ2n) is 8.72. The molecule has 0 unspecified atom stereocenters. The summed E-state index contributed by atoms with van der Waals surface area (Å²) in [5.74, 6) is 0.840. The van der Waals surface area contributed by atoms with Crippen LogP contribution in [0.3, 0.4) is 0 Å². The predicted octanol–water partition coefficient (Wildman–Crippen LogP) is 3.84. The van der Waals surface area contributed by atoms with Crippen LogP contribution in [0.1, 0.15) is 41.6 Å². The third kappa shape index (κ3) is 5.46. The van der Waals surface area contributed by atoms with Crippen LogP contribution in [0.2, 0.25) is 0 Å². The summed E-state index contributed by atoms with van der Waals surface area (Å²) in [5.41, 5.74) is 2.48. The van der Waals surface area contributed by atoms with Crippen LogP contribution in [-0.2, 0) is 0 Å². The summed E-state index contributed by atoms with van der Waals surface area (Å²) in [7, 11) is 1.61. The summed E-state index contributed by atoms with van der Waals surface area (Å²) in [4.78, 5) is 29.7. The number of carbonyl (C=O) groups excluding carboxylic acids is 2. The summed E-state index contributed by atoms with van der Waals surface area (Å²) in [6, 6.07) is 17.2. The zero-order chi connectivity index (χ0) is 23.2. The molecule has 7 heteroatoms. The Kier molecular flexibility index (Phi) is 7.13. The maximum atomic E-state index is 12.8. The van der Waals surface area contributed by atoms with E-state index in [1.807, 2.05) is 53.4 Å². The molecule has 0 bridgehead atoms. The highest BCUT2D eigenvalue weighted by molar-refractivity contribution is 5.98. The van der Waals surface area contributed by atoms with Crippen LogP contribution in [0, 0.1) is 17.2 Å². The number of piperidine rings is 2. The van der Waals surface area contributed by atoms with Crippen molar-refractivity contribution in [2.75, 3.05) is 38.2 Å². The Morgan fingerprint density at radius 2 is 1.58 bits per heavy atom. The van der Waals surface area contributed by atoms with E-state index >= 15 is 0 Å². The number of nitrogens with one attached hydrogen (secondary N) is 1. The number of anilines is 1. The number of likely N-dealkylation sites (tertiary alicyclic amines) is 1. The van der Waals surface area contributed by atoms with Crippen molar-refractivity contribution in [3.8, 4) is 11.8 Å². The van der Waals surface area contributed by atoms with Crippen LogP contribution in [0.4, 0.5) is 10.5 Å². The lowest BCUT2D eigenvalue weighted by Crippen LogP contribution is -2.51. The van der Waals surface area contributed by atoms with Crippen LogP contribution < -0.4 is 15.0 Å². The zero-order valence-electron chi connectivity index (χ0n) is 19.0. The lowest BCUT2D eigenvalue weighted by Gasteiger charge is -2.36. The fourth-order valence-electron chi connectivity index (χ4n) is 4.63. The van der Waals surface area contributed by atoms with Crippen LogP contribution in [0.15, 0.2) is 48.5 Å². The second kappa shape index (κ2) is 10.4. The Morgan fingerprint density at radius 1 is 0.939 bits per heavy atom. The summed E-state index contributed by atoms with van der Waals surface area (Å²) in [5, 5.41) is 12.1. The van der Waals surface area contributed by atoms with E-state index in [1.54, 1.807) is 7.11 Å². The number of Topliss-reactive ketones (excluding diaryl/α,β-unsaturated/α-hetero) is 1. The summed E-state index contributed by atoms with van der Waals surface area (Å²) >= 11 is 0. The van der Waals surface area contributed by atoms with Gasteiger partial charge in [-0.05, 0) is 74.2 Å². The van der Waals surface area contributed by atoms with Gasteiger partial charge in [-0.25, -0.2) is 4.79 Å². The fourth-order valence-corrected chi connectivity index (χ4v) is 4.63. The zero-order valence-corrected chi connectivity index (χ0v) is 19.0. The molecule has 0 radical (unpaired) electrons. The average Bonchev–Trinajstić information content (AvgIpc) is 2.89. The lowest BCUT2D eigenvalue weighted by atomic mass is 9.89. The minimum Gasteiger partial charge on any atom is -0.497 e. The summed E-state index contributed by atoms with van der Waals surface area (Å²) in [6.07, 6.45) is 3.15. The van der Waals surface area contributed by atoms with Crippen molar-refractivity contribution < 1.29 is 14.3 Å². The van der Waals surface area contributed by atoms with E-state index in [9.17, 15) is 9.59 Å². The first-order valence-electron chi connectivity index (χ1n) is 11.6. The molecule has 0 saturated carbocycles. The number of urea groups is 1. The monoisotopic (exact) mass is 446 g/mol. The molecule has 0 spiro atoms. The molecule has 2 saturated heterocycles. The first kappa shape index (κ1) is 22.7. The number of rotatable bonds is 5. The number of ether oxygens (including phenoxy) is 1. The van der Waals surface area contributed by atoms with Gasteiger partial charge in [-0.1, -0.05) is 0 Å². The number of ketones is 1. The van der Waals surface area contributed by atoms with Crippen molar-refractivity contribution in [1.82, 2.24) is 10.2 Å². The molecule has 2 aromatic rings. The van der Waals surface area contributed by atoms with E-state index < -0.39 is 0 Å². The number of methoxy groups -OCH3 is 1. The average molecular weight is 447 g/mol. The largest absolute Gasteiger partial charge is 0.497 e. The molecule has 2 amide bonds. The Morgan fingerprint density at radius 3 is 2.15 bits per heavy atom. The molecule has 172 valence electrons. The number of nitriles is 1. The first-order valence-corrected chi connectivity index (χ1v) is 11.6. The number of hydrogen-bond acceptors (Lipinski definition) is 5. The van der Waals surface area contributed by atoms with Gasteiger partial charge < -0.3 is 19.9 Å². The first-order chi connectivity index (χ1) is 16.1. The molecule has 2 fully saturated rings. The third-order valence-electron chi connectivity index (χ3n) is 6.71. The normalized spacial score (nSPS) is 17.3. The molecule has 33 heavy (non-hydrogen) atoms. The van der Waals surface area contributed by atoms with Crippen LogP contribution in [-0.4, -0.2) is 56.0 Å². The van der Waals surface area contributed by atoms with Gasteiger partial charge in [0, 0.05) is 49.4 Å². The van der Waals surface area contributed by atoms with Gasteiger partial charge in [-0.2, -0.15) is 5.26 Å². The molecule has 0 atom stereocenters. The second-order valence-corrected chi connectivity index (χ2v) is 8.72. The van der Waals surface area contributed by atoms with Crippen molar-refractivity contribution in [3.63, 3.8) is 0 Å². The molecule has 0 aromatic heterocycles. The van der Waals surface area contributed by atoms with Crippen molar-refractivity contribution in [2.45, 2.75) is 31.7 Å². The minimum absolute atomic E-state index is 0.0258. The van der Waals surface area contributed by atoms with Gasteiger partial charge in [0.1, 0.15) is 5.75 Å². The SMILES string of the molecule is COc1ccc(C(=O)C2CCN(C(=O)NC3CCN(c4ccc(C#N)cc4)CC3)CC2)cc1. The topological polar surface area (TPSA) is 85.7 Å². The highest BCUT2D eigenvalue weighted by Gasteiger charge is 2.29. The number of hydrogen-bond donors (Lipinski definition) is 1. The summed E-state index contributed by atoms with van der Waals surface area (Å²) < 4.78 is 5.16. The van der Waals surface area contributed by atoms with Gasteiger partial charge in [0.15, 0.2) is 5.78 Å². The molecule has 2 aromatic carbocycles. The number of nitrogens with zero attached hydrogens (tertiary/aromatic N) is 3. The van der Waals surface area contributed by atoms with E-state index in [4.69, 9.17) is 10.00 Å². The Labute approximate surface area is 194 Å². The smallest absolute Gasteiger partial charge is 0.317 e. The van der Waals surface area contributed by atoms with Crippen molar-refractivity contribution in [2.24, 2.45) is 5.92 Å². The molecule has 2 aliphatic rings. The number of carbonyl (C=O) groups is 2. The third-order valence-corrected chi connectivity index (χ3v) is 6.71. The maximum absolute atomic E-state index is 12.8.